The minimum Gasteiger partial charge on any atom is -0.391 e. The molecule has 1 aromatic heterocycles. The van der Waals surface area contributed by atoms with Crippen LogP contribution in [-0.4, -0.2) is 33.3 Å². The van der Waals surface area contributed by atoms with Crippen LogP contribution in [0.25, 0.3) is 0 Å². The van der Waals surface area contributed by atoms with E-state index in [2.05, 4.69) is 10.1 Å². The van der Waals surface area contributed by atoms with Crippen LogP contribution in [0.3, 0.4) is 0 Å². The summed E-state index contributed by atoms with van der Waals surface area (Å²) in [5.41, 5.74) is 1.72. The van der Waals surface area contributed by atoms with Crippen LogP contribution >= 0.6 is 23.2 Å². The van der Waals surface area contributed by atoms with Gasteiger partial charge in [0, 0.05) is 21.9 Å². The van der Waals surface area contributed by atoms with Crippen molar-refractivity contribution in [2.45, 2.75) is 51.3 Å². The predicted octanol–water partition coefficient (Wildman–Crippen LogP) is 3.76. The minimum absolute atomic E-state index is 0.190. The van der Waals surface area contributed by atoms with Gasteiger partial charge in [-0.15, -0.1) is 0 Å². The lowest BCUT2D eigenvalue weighted by Crippen LogP contribution is -2.31. The summed E-state index contributed by atoms with van der Waals surface area (Å²) >= 11 is 12.4. The van der Waals surface area contributed by atoms with E-state index < -0.39 is 6.10 Å². The first-order valence-electron chi connectivity index (χ1n) is 7.86. The van der Waals surface area contributed by atoms with Gasteiger partial charge in [-0.05, 0) is 30.3 Å². The van der Waals surface area contributed by atoms with Crippen molar-refractivity contribution >= 4 is 23.2 Å². The Morgan fingerprint density at radius 2 is 2.04 bits per heavy atom. The average Bonchev–Trinajstić information content (AvgIpc) is 3.02. The molecule has 0 fully saturated rings. The van der Waals surface area contributed by atoms with Gasteiger partial charge in [-0.1, -0.05) is 49.1 Å². The fraction of sp³-hybridized carbons (Fsp3) is 0.529. The van der Waals surface area contributed by atoms with E-state index in [9.17, 15) is 5.11 Å². The molecule has 130 valence electrons. The predicted molar refractivity (Wildman–Crippen MR) is 93.4 cm³/mol. The molecule has 1 aliphatic rings. The van der Waals surface area contributed by atoms with Gasteiger partial charge < -0.3 is 9.63 Å². The van der Waals surface area contributed by atoms with Crippen LogP contribution in [0.5, 0.6) is 0 Å². The van der Waals surface area contributed by atoms with Crippen molar-refractivity contribution in [1.29, 1.82) is 0 Å². The van der Waals surface area contributed by atoms with Gasteiger partial charge in [-0.3, -0.25) is 4.90 Å². The molecule has 0 saturated heterocycles. The fourth-order valence-electron chi connectivity index (χ4n) is 3.11. The first-order chi connectivity index (χ1) is 11.2. The summed E-state index contributed by atoms with van der Waals surface area (Å²) in [4.78, 5) is 6.46. The lowest BCUT2D eigenvalue weighted by molar-refractivity contribution is 0.0707. The Bertz CT molecular complexity index is 755. The number of aliphatic hydroxyl groups excluding tert-OH is 1. The maximum atomic E-state index is 10.5. The number of likely N-dealkylation sites (N-methyl/N-ethyl adjacent to an activating group) is 1. The first kappa shape index (κ1) is 17.7. The molecule has 0 spiro atoms. The maximum absolute atomic E-state index is 10.5. The smallest absolute Gasteiger partial charge is 0.232 e. The third-order valence-corrected chi connectivity index (χ3v) is 4.82. The molecule has 1 N–H and O–H groups in total. The number of hydrogen-bond acceptors (Lipinski definition) is 5. The van der Waals surface area contributed by atoms with E-state index in [0.717, 1.165) is 11.1 Å². The quantitative estimate of drug-likeness (QED) is 0.891. The Morgan fingerprint density at radius 3 is 2.67 bits per heavy atom. The van der Waals surface area contributed by atoms with E-state index >= 15 is 0 Å². The second kappa shape index (κ2) is 6.30. The molecule has 0 saturated carbocycles. The van der Waals surface area contributed by atoms with E-state index in [-0.39, 0.29) is 11.5 Å². The maximum Gasteiger partial charge on any atom is 0.232 e. The largest absolute Gasteiger partial charge is 0.391 e. The van der Waals surface area contributed by atoms with Crippen LogP contribution < -0.4 is 0 Å². The van der Waals surface area contributed by atoms with Gasteiger partial charge in [0.05, 0.1) is 18.7 Å². The number of benzene rings is 1. The van der Waals surface area contributed by atoms with E-state index in [0.29, 0.717) is 34.7 Å². The molecule has 2 aromatic rings. The van der Waals surface area contributed by atoms with Gasteiger partial charge in [0.2, 0.25) is 5.89 Å². The fourth-order valence-corrected chi connectivity index (χ4v) is 3.69. The summed E-state index contributed by atoms with van der Waals surface area (Å²) in [5.74, 6) is 1.19. The molecule has 0 amide bonds. The van der Waals surface area contributed by atoms with Crippen molar-refractivity contribution in [2.24, 2.45) is 0 Å². The molecule has 3 rings (SSSR count). The highest BCUT2D eigenvalue weighted by Crippen LogP contribution is 2.41. The van der Waals surface area contributed by atoms with Gasteiger partial charge in [0.1, 0.15) is 0 Å². The van der Waals surface area contributed by atoms with Gasteiger partial charge in [0.25, 0.3) is 0 Å². The molecule has 0 aliphatic heterocycles. The van der Waals surface area contributed by atoms with Crippen molar-refractivity contribution in [3.63, 3.8) is 0 Å². The van der Waals surface area contributed by atoms with Crippen LogP contribution in [0.2, 0.25) is 10.0 Å². The Kier molecular flexibility index (Phi) is 4.64. The molecule has 2 unspecified atom stereocenters. The molecule has 1 aliphatic carbocycles. The highest BCUT2D eigenvalue weighted by atomic mass is 35.5. The molecule has 5 nitrogen and oxygen atoms in total. The molecule has 0 bridgehead atoms. The number of nitrogens with zero attached hydrogens (tertiary/aromatic N) is 3. The Morgan fingerprint density at radius 1 is 1.33 bits per heavy atom. The topological polar surface area (TPSA) is 62.4 Å². The Labute approximate surface area is 151 Å². The molecule has 7 heteroatoms. The number of halogens is 2. The van der Waals surface area contributed by atoms with Crippen LogP contribution in [0.15, 0.2) is 16.7 Å². The summed E-state index contributed by atoms with van der Waals surface area (Å²) in [5, 5.41) is 15.7. The number of rotatable bonds is 3. The zero-order valence-electron chi connectivity index (χ0n) is 14.2. The van der Waals surface area contributed by atoms with E-state index in [4.69, 9.17) is 27.7 Å². The van der Waals surface area contributed by atoms with Crippen molar-refractivity contribution in [3.8, 4) is 0 Å². The Balaban J connectivity index is 1.84. The molecule has 24 heavy (non-hydrogen) atoms. The third kappa shape index (κ3) is 3.31. The highest BCUT2D eigenvalue weighted by Gasteiger charge is 2.36. The summed E-state index contributed by atoms with van der Waals surface area (Å²) < 4.78 is 5.33. The summed E-state index contributed by atoms with van der Waals surface area (Å²) in [6, 6.07) is 3.38. The number of aromatic nitrogens is 2. The number of hydrogen-bond donors (Lipinski definition) is 1. The molecular formula is C17H21Cl2N3O2. The standard InChI is InChI=1S/C17H21Cl2N3O2/c1-17(2,3)16-20-14(21-24-16)8-22(4)15-11-5-9(18)6-12(19)10(11)7-13(15)23/h5-6,13,15,23H,7-8H2,1-4H3. The van der Waals surface area contributed by atoms with Crippen LogP contribution in [-0.2, 0) is 18.4 Å². The summed E-state index contributed by atoms with van der Waals surface area (Å²) in [7, 11) is 1.92. The minimum atomic E-state index is -0.546. The summed E-state index contributed by atoms with van der Waals surface area (Å²) in [6.07, 6.45) is -0.0326. The van der Waals surface area contributed by atoms with E-state index in [1.165, 1.54) is 0 Å². The van der Waals surface area contributed by atoms with Gasteiger partial charge in [0.15, 0.2) is 5.82 Å². The Hall–Kier alpha value is -1.14. The van der Waals surface area contributed by atoms with Gasteiger partial charge in [-0.2, -0.15) is 4.98 Å². The molecule has 1 heterocycles. The zero-order valence-corrected chi connectivity index (χ0v) is 15.7. The highest BCUT2D eigenvalue weighted by molar-refractivity contribution is 6.35. The average molecular weight is 370 g/mol. The van der Waals surface area contributed by atoms with Crippen molar-refractivity contribution in [1.82, 2.24) is 15.0 Å². The monoisotopic (exact) mass is 369 g/mol. The third-order valence-electron chi connectivity index (χ3n) is 4.27. The van der Waals surface area contributed by atoms with Gasteiger partial charge >= 0.3 is 0 Å². The van der Waals surface area contributed by atoms with Crippen molar-refractivity contribution < 1.29 is 9.63 Å². The molecule has 2 atom stereocenters. The SMILES string of the molecule is CN(Cc1noc(C(C)(C)C)n1)C1c2cc(Cl)cc(Cl)c2CC1O. The zero-order chi connectivity index (χ0) is 17.6. The van der Waals surface area contributed by atoms with Crippen LogP contribution in [0, 0.1) is 0 Å². The number of fused-ring (bicyclic) bond motifs is 1. The number of aliphatic hydroxyl groups is 1. The van der Waals surface area contributed by atoms with Crippen molar-refractivity contribution in [3.05, 3.63) is 45.0 Å². The summed E-state index contributed by atoms with van der Waals surface area (Å²) in [6.45, 7) is 6.53. The normalized spacial score (nSPS) is 20.7. The first-order valence-corrected chi connectivity index (χ1v) is 8.61. The lowest BCUT2D eigenvalue weighted by Gasteiger charge is -2.26. The van der Waals surface area contributed by atoms with Crippen LogP contribution in [0.1, 0.15) is 49.7 Å². The van der Waals surface area contributed by atoms with E-state index in [1.807, 2.05) is 38.8 Å². The second-order valence-corrected chi connectivity index (χ2v) is 8.20. The van der Waals surface area contributed by atoms with Crippen LogP contribution in [0.4, 0.5) is 0 Å². The van der Waals surface area contributed by atoms with Crippen molar-refractivity contribution in [2.75, 3.05) is 7.05 Å². The molecule has 1 aromatic carbocycles. The second-order valence-electron chi connectivity index (χ2n) is 7.35. The molecular weight excluding hydrogens is 349 g/mol. The van der Waals surface area contributed by atoms with Gasteiger partial charge in [-0.25, -0.2) is 0 Å². The lowest BCUT2D eigenvalue weighted by atomic mass is 9.97. The van der Waals surface area contributed by atoms with E-state index in [1.54, 1.807) is 6.07 Å². The molecule has 0 radical (unpaired) electrons.